The summed E-state index contributed by atoms with van der Waals surface area (Å²) in [6.07, 6.45) is 2.21. The average molecular weight is 288 g/mol. The van der Waals surface area contributed by atoms with Crippen LogP contribution in [0.1, 0.15) is 18.4 Å². The van der Waals surface area contributed by atoms with Crippen molar-refractivity contribution in [2.24, 2.45) is 0 Å². The summed E-state index contributed by atoms with van der Waals surface area (Å²) in [6, 6.07) is 8.48. The Balaban J connectivity index is 1.58. The molecule has 1 aliphatic rings. The van der Waals surface area contributed by atoms with Crippen LogP contribution in [0.2, 0.25) is 0 Å². The predicted octanol–water partition coefficient (Wildman–Crippen LogP) is 2.15. The number of carbonyl (C=O) groups is 1. The van der Waals surface area contributed by atoms with Crippen LogP contribution in [0.3, 0.4) is 0 Å². The molecule has 1 aliphatic carbocycles. The number of rotatable bonds is 5. The fraction of sp³-hybridized carbons (Fsp3) is 0.357. The molecule has 0 atom stereocenters. The van der Waals surface area contributed by atoms with Gasteiger partial charge in [0.25, 0.3) is 0 Å². The van der Waals surface area contributed by atoms with Gasteiger partial charge in [-0.15, -0.1) is 5.10 Å². The lowest BCUT2D eigenvalue weighted by atomic mass is 10.1. The molecule has 6 heteroatoms. The first kappa shape index (κ1) is 13.2. The summed E-state index contributed by atoms with van der Waals surface area (Å²) in [5.74, 6) is 1.15. The highest BCUT2D eigenvalue weighted by Gasteiger charge is 2.23. The molecule has 2 aromatic rings. The molecule has 1 fully saturated rings. The summed E-state index contributed by atoms with van der Waals surface area (Å²) in [4.78, 5) is 16.0. The first-order valence-electron chi connectivity index (χ1n) is 6.62. The third-order valence-corrected chi connectivity index (χ3v) is 3.91. The fourth-order valence-electron chi connectivity index (χ4n) is 1.78. The van der Waals surface area contributed by atoms with E-state index in [4.69, 9.17) is 0 Å². The lowest BCUT2D eigenvalue weighted by molar-refractivity contribution is -0.118. The van der Waals surface area contributed by atoms with Crippen LogP contribution in [-0.4, -0.2) is 32.9 Å². The van der Waals surface area contributed by atoms with E-state index in [1.54, 1.807) is 0 Å². The SMILES string of the molecule is Cc1ccc(-c2nc(SCC(=O)NC3CC3)n[nH]2)cc1. The maximum atomic E-state index is 11.6. The molecule has 3 rings (SSSR count). The van der Waals surface area contributed by atoms with Gasteiger partial charge in [0.2, 0.25) is 11.1 Å². The van der Waals surface area contributed by atoms with Crippen molar-refractivity contribution in [3.63, 3.8) is 0 Å². The Hall–Kier alpha value is -1.82. The third-order valence-electron chi connectivity index (χ3n) is 3.06. The van der Waals surface area contributed by atoms with Crippen molar-refractivity contribution in [3.8, 4) is 11.4 Å². The number of amides is 1. The molecule has 1 saturated carbocycles. The van der Waals surface area contributed by atoms with Gasteiger partial charge in [0.05, 0.1) is 5.75 Å². The maximum Gasteiger partial charge on any atom is 0.230 e. The topological polar surface area (TPSA) is 70.7 Å². The molecule has 1 aromatic heterocycles. The minimum Gasteiger partial charge on any atom is -0.353 e. The van der Waals surface area contributed by atoms with E-state index >= 15 is 0 Å². The van der Waals surface area contributed by atoms with E-state index in [0.29, 0.717) is 17.0 Å². The Kier molecular flexibility index (Phi) is 3.73. The molecule has 2 N–H and O–H groups in total. The Morgan fingerprint density at radius 1 is 1.40 bits per heavy atom. The quantitative estimate of drug-likeness (QED) is 0.827. The number of nitrogens with zero attached hydrogens (tertiary/aromatic N) is 2. The Bertz CT molecular complexity index is 604. The van der Waals surface area contributed by atoms with Gasteiger partial charge < -0.3 is 5.32 Å². The van der Waals surface area contributed by atoms with E-state index in [2.05, 4.69) is 20.5 Å². The summed E-state index contributed by atoms with van der Waals surface area (Å²) in [6.45, 7) is 2.05. The van der Waals surface area contributed by atoms with Crippen LogP contribution in [-0.2, 0) is 4.79 Å². The number of H-pyrrole nitrogens is 1. The van der Waals surface area contributed by atoms with Crippen molar-refractivity contribution < 1.29 is 4.79 Å². The zero-order valence-corrected chi connectivity index (χ0v) is 12.0. The van der Waals surface area contributed by atoms with Gasteiger partial charge in [-0.05, 0) is 19.8 Å². The van der Waals surface area contributed by atoms with Gasteiger partial charge in [0.15, 0.2) is 5.82 Å². The van der Waals surface area contributed by atoms with Crippen LogP contribution in [0.25, 0.3) is 11.4 Å². The summed E-state index contributed by atoms with van der Waals surface area (Å²) < 4.78 is 0. The van der Waals surface area contributed by atoms with Crippen molar-refractivity contribution >= 4 is 17.7 Å². The summed E-state index contributed by atoms with van der Waals surface area (Å²) >= 11 is 1.35. The number of aromatic amines is 1. The molecular formula is C14H16N4OS. The largest absolute Gasteiger partial charge is 0.353 e. The summed E-state index contributed by atoms with van der Waals surface area (Å²) in [7, 11) is 0. The van der Waals surface area contributed by atoms with Crippen LogP contribution >= 0.6 is 11.8 Å². The van der Waals surface area contributed by atoms with Gasteiger partial charge in [-0.25, -0.2) is 4.98 Å². The lowest BCUT2D eigenvalue weighted by Crippen LogP contribution is -2.27. The second-order valence-electron chi connectivity index (χ2n) is 4.96. The lowest BCUT2D eigenvalue weighted by Gasteiger charge is -2.00. The standard InChI is InChI=1S/C14H16N4OS/c1-9-2-4-10(5-3-9)13-16-14(18-17-13)20-8-12(19)15-11-6-7-11/h2-5,11H,6-8H2,1H3,(H,15,19)(H,16,17,18). The monoisotopic (exact) mass is 288 g/mol. The van der Waals surface area contributed by atoms with E-state index in [1.807, 2.05) is 31.2 Å². The van der Waals surface area contributed by atoms with Gasteiger partial charge >= 0.3 is 0 Å². The van der Waals surface area contributed by atoms with Crippen molar-refractivity contribution in [1.82, 2.24) is 20.5 Å². The molecule has 104 valence electrons. The van der Waals surface area contributed by atoms with Gasteiger partial charge in [0.1, 0.15) is 0 Å². The number of benzene rings is 1. The molecule has 1 aromatic carbocycles. The number of aromatic nitrogens is 3. The van der Waals surface area contributed by atoms with Gasteiger partial charge in [-0.2, -0.15) is 0 Å². The molecular weight excluding hydrogens is 272 g/mol. The van der Waals surface area contributed by atoms with E-state index in [1.165, 1.54) is 17.3 Å². The number of hydrogen-bond donors (Lipinski definition) is 2. The summed E-state index contributed by atoms with van der Waals surface area (Å²) in [5.41, 5.74) is 2.21. The average Bonchev–Trinajstić information content (AvgIpc) is 3.12. The second-order valence-corrected chi connectivity index (χ2v) is 5.91. The van der Waals surface area contributed by atoms with Crippen molar-refractivity contribution in [2.75, 3.05) is 5.75 Å². The predicted molar refractivity (Wildman–Crippen MR) is 78.4 cm³/mol. The third kappa shape index (κ3) is 3.39. The van der Waals surface area contributed by atoms with E-state index in [9.17, 15) is 4.79 Å². The normalized spacial score (nSPS) is 14.2. The van der Waals surface area contributed by atoms with Crippen LogP contribution in [0.15, 0.2) is 29.4 Å². The van der Waals surface area contributed by atoms with E-state index in [0.717, 1.165) is 24.2 Å². The van der Waals surface area contributed by atoms with Crippen LogP contribution < -0.4 is 5.32 Å². The number of nitrogens with one attached hydrogen (secondary N) is 2. The molecule has 0 radical (unpaired) electrons. The molecule has 0 spiro atoms. The number of carbonyl (C=O) groups excluding carboxylic acids is 1. The number of thioether (sulfide) groups is 1. The van der Waals surface area contributed by atoms with Crippen LogP contribution in [0.4, 0.5) is 0 Å². The minimum absolute atomic E-state index is 0.0548. The Labute approximate surface area is 121 Å². The molecule has 20 heavy (non-hydrogen) atoms. The summed E-state index contributed by atoms with van der Waals surface area (Å²) in [5, 5.41) is 10.6. The zero-order chi connectivity index (χ0) is 13.9. The van der Waals surface area contributed by atoms with Crippen molar-refractivity contribution in [3.05, 3.63) is 29.8 Å². The number of hydrogen-bond acceptors (Lipinski definition) is 4. The maximum absolute atomic E-state index is 11.6. The first-order chi connectivity index (χ1) is 9.70. The number of aryl methyl sites for hydroxylation is 1. The van der Waals surface area contributed by atoms with Crippen molar-refractivity contribution in [1.29, 1.82) is 0 Å². The molecule has 0 aliphatic heterocycles. The van der Waals surface area contributed by atoms with Gasteiger partial charge in [-0.1, -0.05) is 41.6 Å². The first-order valence-corrected chi connectivity index (χ1v) is 7.61. The van der Waals surface area contributed by atoms with E-state index < -0.39 is 0 Å². The Morgan fingerprint density at radius 3 is 2.85 bits per heavy atom. The molecule has 1 amide bonds. The molecule has 0 saturated heterocycles. The highest BCUT2D eigenvalue weighted by atomic mass is 32.2. The highest BCUT2D eigenvalue weighted by Crippen LogP contribution is 2.21. The zero-order valence-electron chi connectivity index (χ0n) is 11.2. The minimum atomic E-state index is 0.0548. The van der Waals surface area contributed by atoms with Gasteiger partial charge in [-0.3, -0.25) is 9.89 Å². The smallest absolute Gasteiger partial charge is 0.230 e. The second kappa shape index (κ2) is 5.66. The highest BCUT2D eigenvalue weighted by molar-refractivity contribution is 7.99. The molecule has 0 bridgehead atoms. The molecule has 5 nitrogen and oxygen atoms in total. The van der Waals surface area contributed by atoms with Crippen LogP contribution in [0.5, 0.6) is 0 Å². The Morgan fingerprint density at radius 2 is 2.15 bits per heavy atom. The van der Waals surface area contributed by atoms with Crippen molar-refractivity contribution in [2.45, 2.75) is 31.0 Å². The van der Waals surface area contributed by atoms with Gasteiger partial charge in [0, 0.05) is 11.6 Å². The fourth-order valence-corrected chi connectivity index (χ4v) is 2.39. The molecule has 0 unspecified atom stereocenters. The van der Waals surface area contributed by atoms with E-state index in [-0.39, 0.29) is 5.91 Å². The van der Waals surface area contributed by atoms with Crippen LogP contribution in [0, 0.1) is 6.92 Å². The molecule has 1 heterocycles.